The molecule has 7 heteroatoms. The molecule has 2 N–H and O–H groups in total. The number of amides is 2. The Bertz CT molecular complexity index is 773. The van der Waals surface area contributed by atoms with Gasteiger partial charge in [-0.15, -0.1) is 0 Å². The fourth-order valence-electron chi connectivity index (χ4n) is 1.81. The van der Waals surface area contributed by atoms with Gasteiger partial charge in [0.1, 0.15) is 0 Å². The standard InChI is InChI=1S/C17H13BrN2O4/c18-13-8-6-11(7-9-13)14(21)10-15(22)17(24)20-19-16(23)12-4-2-1-3-5-12/h1-9H,10H2,(H,19,23)(H,20,24). The molecule has 2 aromatic rings. The van der Waals surface area contributed by atoms with Crippen LogP contribution in [0.1, 0.15) is 27.1 Å². The first kappa shape index (κ1) is 17.6. The second-order valence-corrected chi connectivity index (χ2v) is 5.72. The Morgan fingerprint density at radius 3 is 2.04 bits per heavy atom. The van der Waals surface area contributed by atoms with Gasteiger partial charge in [0.15, 0.2) is 5.78 Å². The maximum atomic E-state index is 11.9. The predicted octanol–water partition coefficient (Wildman–Crippen LogP) is 2.05. The van der Waals surface area contributed by atoms with Gasteiger partial charge in [-0.25, -0.2) is 0 Å². The van der Waals surface area contributed by atoms with Crippen molar-refractivity contribution in [3.05, 3.63) is 70.2 Å². The Morgan fingerprint density at radius 1 is 0.792 bits per heavy atom. The molecule has 0 fully saturated rings. The van der Waals surface area contributed by atoms with Crippen LogP contribution in [-0.4, -0.2) is 23.4 Å². The zero-order chi connectivity index (χ0) is 17.5. The highest BCUT2D eigenvalue weighted by Crippen LogP contribution is 2.12. The van der Waals surface area contributed by atoms with Gasteiger partial charge in [-0.3, -0.25) is 30.0 Å². The molecule has 0 saturated heterocycles. The first-order chi connectivity index (χ1) is 11.5. The fourth-order valence-corrected chi connectivity index (χ4v) is 2.07. The summed E-state index contributed by atoms with van der Waals surface area (Å²) in [5.41, 5.74) is 4.78. The number of hydrogen-bond donors (Lipinski definition) is 2. The normalized spacial score (nSPS) is 9.88. The maximum Gasteiger partial charge on any atom is 0.306 e. The van der Waals surface area contributed by atoms with E-state index in [4.69, 9.17) is 0 Å². The molecule has 2 amide bonds. The minimum Gasteiger partial charge on any atom is -0.294 e. The SMILES string of the molecule is O=C(CC(=O)c1ccc(Br)cc1)C(=O)NNC(=O)c1ccccc1. The molecule has 0 saturated carbocycles. The lowest BCUT2D eigenvalue weighted by Crippen LogP contribution is -2.45. The van der Waals surface area contributed by atoms with Crippen molar-refractivity contribution >= 4 is 39.3 Å². The monoisotopic (exact) mass is 388 g/mol. The van der Waals surface area contributed by atoms with Crippen LogP contribution in [0, 0.1) is 0 Å². The molecule has 2 aromatic carbocycles. The van der Waals surface area contributed by atoms with Crippen molar-refractivity contribution in [2.24, 2.45) is 0 Å². The molecular weight excluding hydrogens is 376 g/mol. The van der Waals surface area contributed by atoms with Gasteiger partial charge in [-0.2, -0.15) is 0 Å². The van der Waals surface area contributed by atoms with Gasteiger partial charge >= 0.3 is 5.91 Å². The first-order valence-corrected chi connectivity index (χ1v) is 7.74. The highest BCUT2D eigenvalue weighted by molar-refractivity contribution is 9.10. The Kier molecular flexibility index (Phi) is 5.97. The summed E-state index contributed by atoms with van der Waals surface area (Å²) in [5.74, 6) is -3.02. The Balaban J connectivity index is 1.86. The van der Waals surface area contributed by atoms with Gasteiger partial charge in [0.25, 0.3) is 5.91 Å². The highest BCUT2D eigenvalue weighted by Gasteiger charge is 2.19. The zero-order valence-electron chi connectivity index (χ0n) is 12.4. The number of rotatable bonds is 5. The number of hydrazine groups is 1. The molecular formula is C17H13BrN2O4. The number of halogens is 1. The van der Waals surface area contributed by atoms with Crippen molar-refractivity contribution in [2.75, 3.05) is 0 Å². The molecule has 0 aliphatic carbocycles. The van der Waals surface area contributed by atoms with E-state index in [2.05, 4.69) is 21.4 Å². The third-order valence-corrected chi connectivity index (χ3v) is 3.59. The molecule has 0 radical (unpaired) electrons. The van der Waals surface area contributed by atoms with Crippen LogP contribution in [0.3, 0.4) is 0 Å². The van der Waals surface area contributed by atoms with E-state index in [1.807, 2.05) is 5.43 Å². The van der Waals surface area contributed by atoms with Gasteiger partial charge in [0.2, 0.25) is 5.78 Å². The summed E-state index contributed by atoms with van der Waals surface area (Å²) in [6, 6.07) is 14.6. The lowest BCUT2D eigenvalue weighted by atomic mass is 10.1. The van der Waals surface area contributed by atoms with E-state index in [0.29, 0.717) is 11.1 Å². The zero-order valence-corrected chi connectivity index (χ0v) is 14.0. The summed E-state index contributed by atoms with van der Waals surface area (Å²) in [4.78, 5) is 47.1. The quantitative estimate of drug-likeness (QED) is 0.354. The van der Waals surface area contributed by atoms with Crippen molar-refractivity contribution in [3.63, 3.8) is 0 Å². The Morgan fingerprint density at radius 2 is 1.42 bits per heavy atom. The molecule has 0 spiro atoms. The van der Waals surface area contributed by atoms with Gasteiger partial charge in [-0.1, -0.05) is 46.3 Å². The third-order valence-electron chi connectivity index (χ3n) is 3.07. The minimum atomic E-state index is -1.05. The summed E-state index contributed by atoms with van der Waals surface area (Å²) in [6.45, 7) is 0. The van der Waals surface area contributed by atoms with E-state index >= 15 is 0 Å². The molecule has 0 aromatic heterocycles. The van der Waals surface area contributed by atoms with Crippen molar-refractivity contribution in [2.45, 2.75) is 6.42 Å². The second kappa shape index (κ2) is 8.16. The van der Waals surface area contributed by atoms with E-state index in [-0.39, 0.29) is 0 Å². The van der Waals surface area contributed by atoms with Crippen LogP contribution >= 0.6 is 15.9 Å². The van der Waals surface area contributed by atoms with Gasteiger partial charge < -0.3 is 0 Å². The third kappa shape index (κ3) is 4.85. The molecule has 0 aliphatic rings. The van der Waals surface area contributed by atoms with Crippen LogP contribution < -0.4 is 10.9 Å². The van der Waals surface area contributed by atoms with Crippen LogP contribution in [0.4, 0.5) is 0 Å². The average molecular weight is 389 g/mol. The number of carbonyl (C=O) groups excluding carboxylic acids is 4. The largest absolute Gasteiger partial charge is 0.306 e. The molecule has 0 heterocycles. The van der Waals surface area contributed by atoms with Crippen molar-refractivity contribution < 1.29 is 19.2 Å². The van der Waals surface area contributed by atoms with E-state index in [1.54, 1.807) is 54.6 Å². The summed E-state index contributed by atoms with van der Waals surface area (Å²) in [6.07, 6.45) is -0.575. The summed E-state index contributed by atoms with van der Waals surface area (Å²) >= 11 is 3.24. The topological polar surface area (TPSA) is 92.3 Å². The molecule has 0 bridgehead atoms. The number of Topliss-reactive ketones (excluding diaryl/α,β-unsaturated/α-hetero) is 2. The molecule has 122 valence electrons. The van der Waals surface area contributed by atoms with Crippen LogP contribution in [-0.2, 0) is 9.59 Å². The number of benzene rings is 2. The maximum absolute atomic E-state index is 11.9. The minimum absolute atomic E-state index is 0.327. The Hall–Kier alpha value is -2.80. The molecule has 0 unspecified atom stereocenters. The molecule has 2 rings (SSSR count). The second-order valence-electron chi connectivity index (χ2n) is 4.80. The van der Waals surface area contributed by atoms with Crippen LogP contribution in [0.5, 0.6) is 0 Å². The highest BCUT2D eigenvalue weighted by atomic mass is 79.9. The van der Waals surface area contributed by atoms with Crippen LogP contribution in [0.25, 0.3) is 0 Å². The van der Waals surface area contributed by atoms with Crippen LogP contribution in [0.2, 0.25) is 0 Å². The van der Waals surface area contributed by atoms with E-state index in [1.165, 1.54) is 0 Å². The first-order valence-electron chi connectivity index (χ1n) is 6.94. The van der Waals surface area contributed by atoms with E-state index < -0.39 is 29.8 Å². The summed E-state index contributed by atoms with van der Waals surface area (Å²) < 4.78 is 0.798. The number of carbonyl (C=O) groups is 4. The van der Waals surface area contributed by atoms with E-state index in [0.717, 1.165) is 4.47 Å². The van der Waals surface area contributed by atoms with Crippen molar-refractivity contribution in [3.8, 4) is 0 Å². The lowest BCUT2D eigenvalue weighted by Gasteiger charge is -2.06. The predicted molar refractivity (Wildman–Crippen MR) is 90.1 cm³/mol. The van der Waals surface area contributed by atoms with E-state index in [9.17, 15) is 19.2 Å². The van der Waals surface area contributed by atoms with Crippen molar-refractivity contribution in [1.82, 2.24) is 10.9 Å². The molecule has 6 nitrogen and oxygen atoms in total. The van der Waals surface area contributed by atoms with Crippen LogP contribution in [0.15, 0.2) is 59.1 Å². The molecule has 0 aliphatic heterocycles. The molecule has 0 atom stereocenters. The fraction of sp³-hybridized carbons (Fsp3) is 0.0588. The number of nitrogens with one attached hydrogen (secondary N) is 2. The summed E-state index contributed by atoms with van der Waals surface area (Å²) in [5, 5.41) is 0. The lowest BCUT2D eigenvalue weighted by molar-refractivity contribution is -0.137. The number of hydrogen-bond acceptors (Lipinski definition) is 4. The Labute approximate surface area is 146 Å². The average Bonchev–Trinajstić information content (AvgIpc) is 2.60. The molecule has 24 heavy (non-hydrogen) atoms. The summed E-state index contributed by atoms with van der Waals surface area (Å²) in [7, 11) is 0. The smallest absolute Gasteiger partial charge is 0.294 e. The van der Waals surface area contributed by atoms with Gasteiger partial charge in [0, 0.05) is 15.6 Å². The number of ketones is 2. The van der Waals surface area contributed by atoms with Gasteiger partial charge in [-0.05, 0) is 24.3 Å². The van der Waals surface area contributed by atoms with Gasteiger partial charge in [0.05, 0.1) is 6.42 Å². The van der Waals surface area contributed by atoms with Crippen molar-refractivity contribution in [1.29, 1.82) is 0 Å².